The number of carbonyl (C=O) groups excluding carboxylic acids is 2. The number of ether oxygens (including phenoxy) is 2. The minimum Gasteiger partial charge on any atom is -0.354 e. The van der Waals surface area contributed by atoms with Crippen LogP contribution in [0, 0.1) is 0 Å². The first-order chi connectivity index (χ1) is 10.0. The van der Waals surface area contributed by atoms with E-state index in [4.69, 9.17) is 9.47 Å². The van der Waals surface area contributed by atoms with E-state index >= 15 is 0 Å². The summed E-state index contributed by atoms with van der Waals surface area (Å²) in [6, 6.07) is -0.564. The van der Waals surface area contributed by atoms with Crippen molar-refractivity contribution in [1.29, 1.82) is 0 Å². The van der Waals surface area contributed by atoms with Crippen LogP contribution in [0.15, 0.2) is 5.16 Å². The van der Waals surface area contributed by atoms with E-state index in [1.165, 1.54) is 25.9 Å². The second kappa shape index (κ2) is 8.54. The first-order valence-corrected chi connectivity index (χ1v) is 6.90. The summed E-state index contributed by atoms with van der Waals surface area (Å²) in [4.78, 5) is 22.9. The van der Waals surface area contributed by atoms with E-state index in [1.807, 2.05) is 0 Å². The summed E-state index contributed by atoms with van der Waals surface area (Å²) in [5.74, 6) is -0.441. The Morgan fingerprint density at radius 3 is 2.62 bits per heavy atom. The Kier molecular flexibility index (Phi) is 7.05. The van der Waals surface area contributed by atoms with Crippen LogP contribution in [0.5, 0.6) is 0 Å². The van der Waals surface area contributed by atoms with Gasteiger partial charge in [0, 0.05) is 21.3 Å². The van der Waals surface area contributed by atoms with Gasteiger partial charge in [0.05, 0.1) is 11.8 Å². The van der Waals surface area contributed by atoms with E-state index in [9.17, 15) is 9.59 Å². The van der Waals surface area contributed by atoms with Gasteiger partial charge in [-0.2, -0.15) is 0 Å². The standard InChI is InChI=1S/C10H18N6O4S/c1-6(8(17)12-9(18)11-2)21-10-13-14-15-16(10)5-7(19-3)20-4/h6-7H,5H2,1-4H3,(H2,11,12,17,18). The summed E-state index contributed by atoms with van der Waals surface area (Å²) in [6.45, 7) is 1.93. The van der Waals surface area contributed by atoms with Gasteiger partial charge in [0.25, 0.3) is 0 Å². The number of amides is 3. The Labute approximate surface area is 125 Å². The van der Waals surface area contributed by atoms with Crippen molar-refractivity contribution in [2.75, 3.05) is 21.3 Å². The molecular formula is C10H18N6O4S. The van der Waals surface area contributed by atoms with Crippen molar-refractivity contribution >= 4 is 23.7 Å². The molecule has 0 aliphatic heterocycles. The maximum Gasteiger partial charge on any atom is 0.321 e. The van der Waals surface area contributed by atoms with Crippen LogP contribution in [-0.4, -0.2) is 65.0 Å². The fraction of sp³-hybridized carbons (Fsp3) is 0.700. The van der Waals surface area contributed by atoms with E-state index in [-0.39, 0.29) is 6.54 Å². The number of nitrogens with one attached hydrogen (secondary N) is 2. The molecule has 1 rings (SSSR count). The molecular weight excluding hydrogens is 300 g/mol. The summed E-state index contributed by atoms with van der Waals surface area (Å²) < 4.78 is 11.6. The van der Waals surface area contributed by atoms with Gasteiger partial charge in [-0.1, -0.05) is 11.8 Å². The zero-order valence-electron chi connectivity index (χ0n) is 12.2. The van der Waals surface area contributed by atoms with Gasteiger partial charge < -0.3 is 14.8 Å². The van der Waals surface area contributed by atoms with E-state index in [0.717, 1.165) is 11.8 Å². The van der Waals surface area contributed by atoms with Crippen molar-refractivity contribution in [3.63, 3.8) is 0 Å². The largest absolute Gasteiger partial charge is 0.354 e. The number of urea groups is 1. The first-order valence-electron chi connectivity index (χ1n) is 6.02. The molecule has 118 valence electrons. The van der Waals surface area contributed by atoms with Crippen molar-refractivity contribution in [3.8, 4) is 0 Å². The Balaban J connectivity index is 2.64. The summed E-state index contributed by atoms with van der Waals surface area (Å²) in [7, 11) is 4.44. The highest BCUT2D eigenvalue weighted by molar-refractivity contribution is 8.00. The Hall–Kier alpha value is -1.72. The lowest BCUT2D eigenvalue weighted by atomic mass is 10.4. The molecule has 0 bridgehead atoms. The molecule has 0 radical (unpaired) electrons. The predicted molar refractivity (Wildman–Crippen MR) is 73.5 cm³/mol. The maximum atomic E-state index is 11.8. The SMILES string of the molecule is CNC(=O)NC(=O)C(C)Sc1nnnn1CC(OC)OC. The summed E-state index contributed by atoms with van der Waals surface area (Å²) in [5.41, 5.74) is 0. The molecule has 0 aromatic carbocycles. The summed E-state index contributed by atoms with van der Waals surface area (Å²) in [6.07, 6.45) is -0.497. The normalized spacial score (nSPS) is 12.2. The molecule has 10 nitrogen and oxygen atoms in total. The number of tetrazole rings is 1. The average molecular weight is 318 g/mol. The lowest BCUT2D eigenvalue weighted by molar-refractivity contribution is -0.119. The van der Waals surface area contributed by atoms with Gasteiger partial charge in [0.1, 0.15) is 0 Å². The van der Waals surface area contributed by atoms with Gasteiger partial charge in [-0.15, -0.1) is 5.10 Å². The molecule has 3 amide bonds. The van der Waals surface area contributed by atoms with Gasteiger partial charge >= 0.3 is 6.03 Å². The molecule has 0 fully saturated rings. The number of nitrogens with zero attached hydrogens (tertiary/aromatic N) is 4. The molecule has 1 aromatic heterocycles. The lowest BCUT2D eigenvalue weighted by Gasteiger charge is -2.14. The van der Waals surface area contributed by atoms with Crippen LogP contribution in [0.3, 0.4) is 0 Å². The highest BCUT2D eigenvalue weighted by Gasteiger charge is 2.21. The van der Waals surface area contributed by atoms with Crippen molar-refractivity contribution in [3.05, 3.63) is 0 Å². The first kappa shape index (κ1) is 17.3. The van der Waals surface area contributed by atoms with Crippen LogP contribution >= 0.6 is 11.8 Å². The van der Waals surface area contributed by atoms with Crippen LogP contribution in [0.1, 0.15) is 6.92 Å². The minimum atomic E-state index is -0.564. The zero-order valence-corrected chi connectivity index (χ0v) is 13.0. The number of imide groups is 1. The quantitative estimate of drug-likeness (QED) is 0.496. The zero-order chi connectivity index (χ0) is 15.8. The second-order valence-electron chi connectivity index (χ2n) is 3.87. The van der Waals surface area contributed by atoms with Gasteiger partial charge in [0.2, 0.25) is 11.1 Å². The van der Waals surface area contributed by atoms with Crippen molar-refractivity contribution in [2.24, 2.45) is 0 Å². The number of hydrogen-bond acceptors (Lipinski definition) is 8. The third-order valence-corrected chi connectivity index (χ3v) is 3.53. The van der Waals surface area contributed by atoms with Crippen LogP contribution in [0.25, 0.3) is 0 Å². The fourth-order valence-electron chi connectivity index (χ4n) is 1.27. The predicted octanol–water partition coefficient (Wildman–Crippen LogP) is -0.772. The van der Waals surface area contributed by atoms with Gasteiger partial charge in [-0.05, 0) is 17.4 Å². The molecule has 2 N–H and O–H groups in total. The topological polar surface area (TPSA) is 120 Å². The highest BCUT2D eigenvalue weighted by atomic mass is 32.2. The fourth-order valence-corrected chi connectivity index (χ4v) is 2.07. The van der Waals surface area contributed by atoms with Crippen LogP contribution in [0.2, 0.25) is 0 Å². The molecule has 1 atom stereocenters. The second-order valence-corrected chi connectivity index (χ2v) is 5.18. The van der Waals surface area contributed by atoms with Crippen molar-refractivity contribution < 1.29 is 19.1 Å². The van der Waals surface area contributed by atoms with Crippen LogP contribution in [-0.2, 0) is 20.8 Å². The summed E-state index contributed by atoms with van der Waals surface area (Å²) >= 11 is 1.12. The van der Waals surface area contributed by atoms with Gasteiger partial charge in [-0.3, -0.25) is 10.1 Å². The highest BCUT2D eigenvalue weighted by Crippen LogP contribution is 2.20. The molecule has 11 heteroatoms. The monoisotopic (exact) mass is 318 g/mol. The van der Waals surface area contributed by atoms with E-state index in [2.05, 4.69) is 26.2 Å². The Morgan fingerprint density at radius 2 is 2.05 bits per heavy atom. The molecule has 1 unspecified atom stereocenters. The minimum absolute atomic E-state index is 0.284. The number of rotatable bonds is 7. The smallest absolute Gasteiger partial charge is 0.321 e. The van der Waals surface area contributed by atoms with Crippen molar-refractivity contribution in [2.45, 2.75) is 30.2 Å². The molecule has 21 heavy (non-hydrogen) atoms. The number of thioether (sulfide) groups is 1. The third-order valence-electron chi connectivity index (χ3n) is 2.46. The molecule has 0 aliphatic rings. The summed E-state index contributed by atoms with van der Waals surface area (Å²) in [5, 5.41) is 15.6. The van der Waals surface area contributed by atoms with E-state index in [0.29, 0.717) is 5.16 Å². The van der Waals surface area contributed by atoms with Crippen LogP contribution < -0.4 is 10.6 Å². The number of hydrogen-bond donors (Lipinski definition) is 2. The number of aromatic nitrogens is 4. The molecule has 0 spiro atoms. The van der Waals surface area contributed by atoms with E-state index in [1.54, 1.807) is 6.92 Å². The van der Waals surface area contributed by atoms with Crippen molar-refractivity contribution in [1.82, 2.24) is 30.8 Å². The molecule has 1 aromatic rings. The Morgan fingerprint density at radius 1 is 1.38 bits per heavy atom. The molecule has 0 saturated heterocycles. The van der Waals surface area contributed by atoms with Gasteiger partial charge in [-0.25, -0.2) is 9.48 Å². The average Bonchev–Trinajstić information content (AvgIpc) is 2.91. The molecule has 0 aliphatic carbocycles. The number of carbonyl (C=O) groups is 2. The van der Waals surface area contributed by atoms with Gasteiger partial charge in [0.15, 0.2) is 6.29 Å². The molecule has 1 heterocycles. The van der Waals surface area contributed by atoms with E-state index < -0.39 is 23.5 Å². The third kappa shape index (κ3) is 5.28. The Bertz CT molecular complexity index is 478. The van der Waals surface area contributed by atoms with Crippen LogP contribution in [0.4, 0.5) is 4.79 Å². The molecule has 0 saturated carbocycles. The maximum absolute atomic E-state index is 11.8. The lowest BCUT2D eigenvalue weighted by Crippen LogP contribution is -2.41. The number of methoxy groups -OCH3 is 2.